The van der Waals surface area contributed by atoms with Crippen LogP contribution in [0.2, 0.25) is 0 Å². The monoisotopic (exact) mass is 206 g/mol. The molecule has 0 aliphatic carbocycles. The first kappa shape index (κ1) is 12.9. The summed E-state index contributed by atoms with van der Waals surface area (Å²) < 4.78 is 8.75. The summed E-state index contributed by atoms with van der Waals surface area (Å²) >= 11 is 0. The Balaban J connectivity index is 4.13. The number of hydrogen-bond donors (Lipinski definition) is 2. The zero-order valence-corrected chi connectivity index (χ0v) is 8.15. The summed E-state index contributed by atoms with van der Waals surface area (Å²) in [4.78, 5) is 21.8. The lowest BCUT2D eigenvalue weighted by molar-refractivity contribution is -0.167. The van der Waals surface area contributed by atoms with Gasteiger partial charge in [0.1, 0.15) is 5.41 Å². The summed E-state index contributed by atoms with van der Waals surface area (Å²) in [6.45, 7) is -0.301. The van der Waals surface area contributed by atoms with Gasteiger partial charge in [-0.2, -0.15) is 0 Å². The van der Waals surface area contributed by atoms with Gasteiger partial charge >= 0.3 is 11.9 Å². The van der Waals surface area contributed by atoms with Crippen LogP contribution in [-0.4, -0.2) is 49.1 Å². The largest absolute Gasteiger partial charge is 0.466 e. The van der Waals surface area contributed by atoms with Crippen molar-refractivity contribution in [2.45, 2.75) is 6.92 Å². The van der Waals surface area contributed by atoms with Gasteiger partial charge in [-0.15, -0.1) is 0 Å². The Labute approximate surface area is 81.4 Å². The number of aliphatic hydroxyl groups is 2. The van der Waals surface area contributed by atoms with Crippen molar-refractivity contribution in [1.82, 2.24) is 0 Å². The van der Waals surface area contributed by atoms with Crippen molar-refractivity contribution in [2.24, 2.45) is 5.41 Å². The van der Waals surface area contributed by atoms with E-state index >= 15 is 0 Å². The highest BCUT2D eigenvalue weighted by Crippen LogP contribution is 2.16. The van der Waals surface area contributed by atoms with Crippen LogP contribution in [0.5, 0.6) is 0 Å². The highest BCUT2D eigenvalue weighted by molar-refractivity contribution is 5.80. The molecule has 0 heterocycles. The van der Waals surface area contributed by atoms with Gasteiger partial charge in [0.15, 0.2) is 6.61 Å². The maximum absolute atomic E-state index is 11.2. The van der Waals surface area contributed by atoms with E-state index in [1.807, 2.05) is 0 Å². The van der Waals surface area contributed by atoms with E-state index < -0.39 is 37.2 Å². The number of aliphatic hydroxyl groups excluding tert-OH is 2. The van der Waals surface area contributed by atoms with E-state index in [1.165, 1.54) is 6.92 Å². The van der Waals surface area contributed by atoms with Gasteiger partial charge in [0.05, 0.1) is 20.3 Å². The van der Waals surface area contributed by atoms with Crippen molar-refractivity contribution in [3.05, 3.63) is 0 Å². The van der Waals surface area contributed by atoms with Crippen LogP contribution in [0.25, 0.3) is 0 Å². The minimum Gasteiger partial charge on any atom is -0.466 e. The van der Waals surface area contributed by atoms with Crippen LogP contribution in [-0.2, 0) is 19.1 Å². The third-order valence-corrected chi connectivity index (χ3v) is 1.74. The number of esters is 2. The predicted octanol–water partition coefficient (Wildman–Crippen LogP) is -1.31. The molecule has 0 amide bonds. The summed E-state index contributed by atoms with van der Waals surface area (Å²) in [5.74, 6) is -1.54. The number of rotatable bonds is 5. The van der Waals surface area contributed by atoms with Gasteiger partial charge < -0.3 is 19.7 Å². The van der Waals surface area contributed by atoms with Crippen molar-refractivity contribution < 1.29 is 29.3 Å². The molecule has 0 radical (unpaired) electrons. The van der Waals surface area contributed by atoms with E-state index in [0.717, 1.165) is 7.11 Å². The maximum atomic E-state index is 11.2. The number of carbonyl (C=O) groups is 2. The molecule has 6 nitrogen and oxygen atoms in total. The summed E-state index contributed by atoms with van der Waals surface area (Å²) in [5, 5.41) is 17.6. The van der Waals surface area contributed by atoms with Crippen molar-refractivity contribution in [2.75, 3.05) is 26.9 Å². The number of methoxy groups -OCH3 is 1. The van der Waals surface area contributed by atoms with Gasteiger partial charge in [0, 0.05) is 0 Å². The lowest BCUT2D eigenvalue weighted by Crippen LogP contribution is -2.38. The van der Waals surface area contributed by atoms with Gasteiger partial charge in [-0.25, -0.2) is 4.79 Å². The fourth-order valence-corrected chi connectivity index (χ4v) is 0.537. The average Bonchev–Trinajstić information content (AvgIpc) is 2.23. The van der Waals surface area contributed by atoms with E-state index in [4.69, 9.17) is 10.2 Å². The second-order valence-electron chi connectivity index (χ2n) is 3.03. The molecule has 0 aromatic rings. The van der Waals surface area contributed by atoms with Gasteiger partial charge in [-0.1, -0.05) is 0 Å². The Hall–Kier alpha value is -1.14. The maximum Gasteiger partial charge on any atom is 0.344 e. The Bertz CT molecular complexity index is 208. The molecule has 0 spiro atoms. The van der Waals surface area contributed by atoms with Crippen LogP contribution in [0.1, 0.15) is 6.92 Å². The molecule has 0 aliphatic heterocycles. The number of ether oxygens (including phenoxy) is 2. The third-order valence-electron chi connectivity index (χ3n) is 1.74. The molecule has 0 unspecified atom stereocenters. The summed E-state index contributed by atoms with van der Waals surface area (Å²) in [7, 11) is 1.16. The van der Waals surface area contributed by atoms with Gasteiger partial charge in [-0.3, -0.25) is 4.79 Å². The van der Waals surface area contributed by atoms with E-state index in [9.17, 15) is 9.59 Å². The van der Waals surface area contributed by atoms with E-state index in [1.54, 1.807) is 0 Å². The number of hydrogen-bond acceptors (Lipinski definition) is 6. The average molecular weight is 206 g/mol. The van der Waals surface area contributed by atoms with Crippen LogP contribution in [0, 0.1) is 5.41 Å². The Morgan fingerprint density at radius 3 is 2.14 bits per heavy atom. The van der Waals surface area contributed by atoms with Crippen molar-refractivity contribution in [1.29, 1.82) is 0 Å². The smallest absolute Gasteiger partial charge is 0.344 e. The first-order chi connectivity index (χ1) is 6.50. The van der Waals surface area contributed by atoms with Crippen molar-refractivity contribution in [3.63, 3.8) is 0 Å². The minimum atomic E-state index is -1.38. The molecule has 0 atom stereocenters. The van der Waals surface area contributed by atoms with Crippen LogP contribution in [0.4, 0.5) is 0 Å². The molecule has 0 aromatic carbocycles. The lowest BCUT2D eigenvalue weighted by atomic mass is 9.93. The van der Waals surface area contributed by atoms with Crippen molar-refractivity contribution >= 4 is 11.9 Å². The van der Waals surface area contributed by atoms with Crippen LogP contribution in [0.15, 0.2) is 0 Å². The summed E-state index contributed by atoms with van der Waals surface area (Å²) in [5.41, 5.74) is -1.38. The molecule has 0 aliphatic rings. The molecule has 14 heavy (non-hydrogen) atoms. The molecule has 0 fully saturated rings. The molecule has 0 aromatic heterocycles. The molecule has 0 saturated heterocycles. The molecular formula is C8H14O6. The first-order valence-electron chi connectivity index (χ1n) is 3.96. The standard InChI is InChI=1S/C8H14O6/c1-8(4-9,5-10)7(12)14-3-6(11)13-2/h9-10H,3-5H2,1-2H3. The first-order valence-corrected chi connectivity index (χ1v) is 3.96. The highest BCUT2D eigenvalue weighted by Gasteiger charge is 2.34. The Morgan fingerprint density at radius 2 is 1.79 bits per heavy atom. The van der Waals surface area contributed by atoms with E-state index in [-0.39, 0.29) is 0 Å². The van der Waals surface area contributed by atoms with Crippen LogP contribution in [0.3, 0.4) is 0 Å². The van der Waals surface area contributed by atoms with Gasteiger partial charge in [0.2, 0.25) is 0 Å². The minimum absolute atomic E-state index is 0.523. The fraction of sp³-hybridized carbons (Fsp3) is 0.750. The molecular weight excluding hydrogens is 192 g/mol. The van der Waals surface area contributed by atoms with Gasteiger partial charge in [0.25, 0.3) is 0 Å². The summed E-state index contributed by atoms with van der Waals surface area (Å²) in [6, 6.07) is 0. The SMILES string of the molecule is COC(=O)COC(=O)C(C)(CO)CO. The predicted molar refractivity (Wildman–Crippen MR) is 45.3 cm³/mol. The molecule has 82 valence electrons. The summed E-state index contributed by atoms with van der Waals surface area (Å²) in [6.07, 6.45) is 0. The van der Waals surface area contributed by atoms with Crippen LogP contribution >= 0.6 is 0 Å². The van der Waals surface area contributed by atoms with E-state index in [0.29, 0.717) is 0 Å². The molecule has 0 bridgehead atoms. The molecule has 0 saturated carbocycles. The van der Waals surface area contributed by atoms with E-state index in [2.05, 4.69) is 9.47 Å². The number of carbonyl (C=O) groups excluding carboxylic acids is 2. The van der Waals surface area contributed by atoms with Crippen molar-refractivity contribution in [3.8, 4) is 0 Å². The van der Waals surface area contributed by atoms with Gasteiger partial charge in [-0.05, 0) is 6.92 Å². The highest BCUT2D eigenvalue weighted by atomic mass is 16.6. The fourth-order valence-electron chi connectivity index (χ4n) is 0.537. The topological polar surface area (TPSA) is 93.1 Å². The van der Waals surface area contributed by atoms with Crippen LogP contribution < -0.4 is 0 Å². The Kier molecular flexibility index (Phi) is 5.11. The molecule has 0 rings (SSSR count). The second-order valence-corrected chi connectivity index (χ2v) is 3.03. The molecule has 2 N–H and O–H groups in total. The second kappa shape index (κ2) is 5.56. The third kappa shape index (κ3) is 3.31. The zero-order valence-electron chi connectivity index (χ0n) is 8.15. The molecule has 6 heteroatoms. The Morgan fingerprint density at radius 1 is 1.29 bits per heavy atom. The zero-order chi connectivity index (χ0) is 11.2. The lowest BCUT2D eigenvalue weighted by Gasteiger charge is -2.21. The quantitative estimate of drug-likeness (QED) is 0.543. The normalized spacial score (nSPS) is 10.9.